The first-order valence-corrected chi connectivity index (χ1v) is 9.05. The van der Waals surface area contributed by atoms with Crippen LogP contribution in [0.5, 0.6) is 5.88 Å². The van der Waals surface area contributed by atoms with Gasteiger partial charge in [0.15, 0.2) is 5.96 Å². The molecule has 0 saturated heterocycles. The quantitative estimate of drug-likeness (QED) is 0.475. The molecule has 0 amide bonds. The molecule has 26 heavy (non-hydrogen) atoms. The molecule has 2 rings (SSSR count). The largest absolute Gasteiger partial charge is 0.478 e. The van der Waals surface area contributed by atoms with E-state index >= 15 is 0 Å². The Morgan fingerprint density at radius 3 is 2.73 bits per heavy atom. The molecule has 0 fully saturated rings. The van der Waals surface area contributed by atoms with E-state index in [-0.39, 0.29) is 0 Å². The Bertz CT molecular complexity index is 677. The second-order valence-corrected chi connectivity index (χ2v) is 5.77. The van der Waals surface area contributed by atoms with Gasteiger partial charge in [0.1, 0.15) is 0 Å². The number of aliphatic hydroxyl groups excluding tert-OH is 1. The van der Waals surface area contributed by atoms with Crippen LogP contribution in [0.1, 0.15) is 37.5 Å². The number of ether oxygens (including phenoxy) is 1. The van der Waals surface area contributed by atoms with Crippen molar-refractivity contribution in [1.82, 2.24) is 15.6 Å². The van der Waals surface area contributed by atoms with E-state index in [9.17, 15) is 5.11 Å². The van der Waals surface area contributed by atoms with E-state index < -0.39 is 6.10 Å². The summed E-state index contributed by atoms with van der Waals surface area (Å²) in [6.45, 7) is 6.47. The molecule has 0 bridgehead atoms. The van der Waals surface area contributed by atoms with Crippen molar-refractivity contribution in [3.8, 4) is 5.88 Å². The number of nitrogens with zero attached hydrogens (tertiary/aromatic N) is 2. The summed E-state index contributed by atoms with van der Waals surface area (Å²) in [6, 6.07) is 13.5. The van der Waals surface area contributed by atoms with Crippen LogP contribution in [0.2, 0.25) is 0 Å². The molecule has 1 atom stereocenters. The van der Waals surface area contributed by atoms with E-state index in [1.807, 2.05) is 56.3 Å². The number of aliphatic hydroxyl groups is 1. The van der Waals surface area contributed by atoms with Gasteiger partial charge in [-0.3, -0.25) is 0 Å². The molecule has 1 heterocycles. The number of guanidine groups is 1. The van der Waals surface area contributed by atoms with E-state index in [2.05, 4.69) is 20.6 Å². The molecule has 0 aliphatic rings. The first kappa shape index (κ1) is 19.7. The van der Waals surface area contributed by atoms with Crippen molar-refractivity contribution in [2.24, 2.45) is 4.99 Å². The number of nitrogens with one attached hydrogen (secondary N) is 2. The maximum Gasteiger partial charge on any atom is 0.213 e. The molecule has 0 saturated carbocycles. The summed E-state index contributed by atoms with van der Waals surface area (Å²) in [4.78, 5) is 8.74. The predicted octanol–water partition coefficient (Wildman–Crippen LogP) is 2.66. The number of aliphatic imine (C=N–C) groups is 1. The first-order valence-electron chi connectivity index (χ1n) is 9.05. The van der Waals surface area contributed by atoms with Crippen molar-refractivity contribution >= 4 is 5.96 Å². The molecule has 6 nitrogen and oxygen atoms in total. The second-order valence-electron chi connectivity index (χ2n) is 5.77. The summed E-state index contributed by atoms with van der Waals surface area (Å²) in [7, 11) is 0. The lowest BCUT2D eigenvalue weighted by molar-refractivity contribution is 0.168. The Balaban J connectivity index is 1.87. The van der Waals surface area contributed by atoms with Gasteiger partial charge in [0.2, 0.25) is 5.88 Å². The summed E-state index contributed by atoms with van der Waals surface area (Å²) >= 11 is 0. The van der Waals surface area contributed by atoms with Gasteiger partial charge in [0.25, 0.3) is 0 Å². The van der Waals surface area contributed by atoms with Gasteiger partial charge in [-0.05, 0) is 37.5 Å². The number of pyridine rings is 1. The van der Waals surface area contributed by atoms with Gasteiger partial charge in [-0.2, -0.15) is 0 Å². The Labute approximate surface area is 155 Å². The maximum atomic E-state index is 10.2. The summed E-state index contributed by atoms with van der Waals surface area (Å²) in [6.07, 6.45) is 1.85. The van der Waals surface area contributed by atoms with Crippen molar-refractivity contribution in [1.29, 1.82) is 0 Å². The minimum Gasteiger partial charge on any atom is -0.478 e. The monoisotopic (exact) mass is 356 g/mol. The third-order valence-corrected chi connectivity index (χ3v) is 3.75. The molecule has 6 heteroatoms. The van der Waals surface area contributed by atoms with Gasteiger partial charge in [0.05, 0.1) is 19.3 Å². The molecule has 1 unspecified atom stereocenters. The molecule has 3 N–H and O–H groups in total. The highest BCUT2D eigenvalue weighted by Gasteiger charge is 2.07. The second kappa shape index (κ2) is 11.1. The molecular formula is C20H28N4O2. The third-order valence-electron chi connectivity index (χ3n) is 3.75. The average Bonchev–Trinajstić information content (AvgIpc) is 2.67. The Kier molecular flexibility index (Phi) is 8.42. The minimum absolute atomic E-state index is 0.486. The van der Waals surface area contributed by atoms with E-state index in [4.69, 9.17) is 4.74 Å². The number of aromatic nitrogens is 1. The molecule has 0 spiro atoms. The van der Waals surface area contributed by atoms with Crippen molar-refractivity contribution in [2.75, 3.05) is 19.7 Å². The van der Waals surface area contributed by atoms with Gasteiger partial charge in [-0.25, -0.2) is 9.98 Å². The maximum absolute atomic E-state index is 10.2. The normalized spacial score (nSPS) is 12.5. The zero-order valence-corrected chi connectivity index (χ0v) is 15.5. The summed E-state index contributed by atoms with van der Waals surface area (Å²) < 4.78 is 5.42. The lowest BCUT2D eigenvalue weighted by Crippen LogP contribution is -2.38. The zero-order valence-electron chi connectivity index (χ0n) is 15.5. The molecule has 1 aromatic carbocycles. The highest BCUT2D eigenvalue weighted by atomic mass is 16.5. The van der Waals surface area contributed by atoms with E-state index in [1.165, 1.54) is 0 Å². The van der Waals surface area contributed by atoms with Crippen molar-refractivity contribution in [3.63, 3.8) is 0 Å². The molecule has 0 aliphatic carbocycles. The fraction of sp³-hybridized carbons (Fsp3) is 0.400. The molecule has 2 aromatic rings. The fourth-order valence-corrected chi connectivity index (χ4v) is 2.46. The molecule has 0 aliphatic heterocycles. The van der Waals surface area contributed by atoms with Crippen LogP contribution in [0, 0.1) is 0 Å². The summed E-state index contributed by atoms with van der Waals surface area (Å²) in [5.41, 5.74) is 1.96. The fourth-order valence-electron chi connectivity index (χ4n) is 2.46. The van der Waals surface area contributed by atoms with Gasteiger partial charge < -0.3 is 20.5 Å². The number of hydrogen-bond donors (Lipinski definition) is 3. The Morgan fingerprint density at radius 1 is 1.19 bits per heavy atom. The zero-order chi connectivity index (χ0) is 18.6. The lowest BCUT2D eigenvalue weighted by atomic mass is 10.1. The van der Waals surface area contributed by atoms with Crippen LogP contribution in [-0.2, 0) is 6.54 Å². The molecule has 0 radical (unpaired) electrons. The number of benzene rings is 1. The Morgan fingerprint density at radius 2 is 2.00 bits per heavy atom. The van der Waals surface area contributed by atoms with E-state index in [1.54, 1.807) is 6.20 Å². The van der Waals surface area contributed by atoms with Crippen molar-refractivity contribution in [2.45, 2.75) is 32.9 Å². The number of rotatable bonds is 9. The lowest BCUT2D eigenvalue weighted by Gasteiger charge is -2.14. The predicted molar refractivity (Wildman–Crippen MR) is 104 cm³/mol. The van der Waals surface area contributed by atoms with Crippen LogP contribution in [0.25, 0.3) is 0 Å². The Hall–Kier alpha value is -2.60. The van der Waals surface area contributed by atoms with Crippen LogP contribution < -0.4 is 15.4 Å². The molecule has 1 aromatic heterocycles. The van der Waals surface area contributed by atoms with Crippen LogP contribution in [0.4, 0.5) is 0 Å². The third kappa shape index (κ3) is 6.72. The highest BCUT2D eigenvalue weighted by molar-refractivity contribution is 5.79. The van der Waals surface area contributed by atoms with Crippen LogP contribution >= 0.6 is 0 Å². The number of hydrogen-bond acceptors (Lipinski definition) is 4. The minimum atomic E-state index is -0.486. The van der Waals surface area contributed by atoms with Gasteiger partial charge >= 0.3 is 0 Å². The summed E-state index contributed by atoms with van der Waals surface area (Å²) in [5.74, 6) is 1.34. The van der Waals surface area contributed by atoms with Crippen LogP contribution in [0.15, 0.2) is 53.7 Å². The SMILES string of the molecule is CCNC(=NCc1ccnc(OCC)c1)NCCC(O)c1ccccc1. The van der Waals surface area contributed by atoms with Gasteiger partial charge in [-0.15, -0.1) is 0 Å². The van der Waals surface area contributed by atoms with E-state index in [0.717, 1.165) is 23.6 Å². The smallest absolute Gasteiger partial charge is 0.213 e. The first-order chi connectivity index (χ1) is 12.7. The summed E-state index contributed by atoms with van der Waals surface area (Å²) in [5, 5.41) is 16.7. The topological polar surface area (TPSA) is 78.8 Å². The van der Waals surface area contributed by atoms with Gasteiger partial charge in [0, 0.05) is 25.4 Å². The van der Waals surface area contributed by atoms with Crippen LogP contribution in [0.3, 0.4) is 0 Å². The molecular weight excluding hydrogens is 328 g/mol. The van der Waals surface area contributed by atoms with Crippen molar-refractivity contribution < 1.29 is 9.84 Å². The van der Waals surface area contributed by atoms with E-state index in [0.29, 0.717) is 32.0 Å². The molecule has 140 valence electrons. The highest BCUT2D eigenvalue weighted by Crippen LogP contribution is 2.15. The van der Waals surface area contributed by atoms with Crippen LogP contribution in [-0.4, -0.2) is 35.7 Å². The average molecular weight is 356 g/mol. The van der Waals surface area contributed by atoms with Gasteiger partial charge in [-0.1, -0.05) is 30.3 Å². The standard InChI is InChI=1S/C20H28N4O2/c1-3-21-20(23-13-11-18(25)17-8-6-5-7-9-17)24-15-16-10-12-22-19(14-16)26-4-2/h5-10,12,14,18,25H,3-4,11,13,15H2,1-2H3,(H2,21,23,24). The van der Waals surface area contributed by atoms with Crippen molar-refractivity contribution in [3.05, 3.63) is 59.8 Å².